The second-order valence-corrected chi connectivity index (χ2v) is 5.77. The number of aliphatic hydroxyl groups is 1. The van der Waals surface area contributed by atoms with Crippen molar-refractivity contribution in [2.45, 2.75) is 32.8 Å². The Morgan fingerprint density at radius 3 is 2.88 bits per heavy atom. The molecule has 0 amide bonds. The molecule has 1 atom stereocenters. The van der Waals surface area contributed by atoms with Crippen molar-refractivity contribution >= 4 is 17.2 Å². The Morgan fingerprint density at radius 1 is 1.59 bits per heavy atom. The third-order valence-corrected chi connectivity index (χ3v) is 3.92. The number of hydrogen-bond acceptors (Lipinski definition) is 4. The maximum atomic E-state index is 9.05. The summed E-state index contributed by atoms with van der Waals surface area (Å²) in [6.45, 7) is 7.79. The Hall–Kier alpha value is -0.230. The fraction of sp³-hybridized carbons (Fsp3) is 0.917. The van der Waals surface area contributed by atoms with Gasteiger partial charge in [0.2, 0.25) is 0 Å². The Labute approximate surface area is 109 Å². The average molecular weight is 260 g/mol. The van der Waals surface area contributed by atoms with Crippen molar-refractivity contribution in [3.63, 3.8) is 0 Å². The van der Waals surface area contributed by atoms with Gasteiger partial charge in [0.05, 0.1) is 24.3 Å². The van der Waals surface area contributed by atoms with Gasteiger partial charge in [-0.2, -0.15) is 0 Å². The van der Waals surface area contributed by atoms with Crippen LogP contribution in [0.15, 0.2) is 0 Å². The van der Waals surface area contributed by atoms with Crippen molar-refractivity contribution in [1.29, 1.82) is 0 Å². The lowest BCUT2D eigenvalue weighted by molar-refractivity contribution is -0.0531. The van der Waals surface area contributed by atoms with Gasteiger partial charge >= 0.3 is 0 Å². The van der Waals surface area contributed by atoms with Crippen molar-refractivity contribution in [2.75, 3.05) is 32.8 Å². The first-order valence-electron chi connectivity index (χ1n) is 6.20. The molecule has 0 spiro atoms. The molecule has 1 rings (SSSR count). The van der Waals surface area contributed by atoms with Crippen LogP contribution in [-0.4, -0.2) is 53.9 Å². The third kappa shape index (κ3) is 4.87. The van der Waals surface area contributed by atoms with E-state index in [1.807, 2.05) is 0 Å². The van der Waals surface area contributed by atoms with Crippen molar-refractivity contribution in [3.8, 4) is 0 Å². The molecule has 1 unspecified atom stereocenters. The smallest absolute Gasteiger partial charge is 0.0932 e. The van der Waals surface area contributed by atoms with Crippen LogP contribution in [0.25, 0.3) is 0 Å². The molecule has 0 aromatic heterocycles. The molecule has 1 aliphatic rings. The van der Waals surface area contributed by atoms with Gasteiger partial charge in [0, 0.05) is 18.5 Å². The minimum atomic E-state index is -0.0575. The Kier molecular flexibility index (Phi) is 5.79. The molecule has 3 N–H and O–H groups in total. The van der Waals surface area contributed by atoms with E-state index in [9.17, 15) is 0 Å². The Balaban J connectivity index is 2.24. The summed E-state index contributed by atoms with van der Waals surface area (Å²) in [5, 5.41) is 9.05. The van der Waals surface area contributed by atoms with E-state index in [1.54, 1.807) is 0 Å². The fourth-order valence-electron chi connectivity index (χ4n) is 1.96. The molecule has 1 fully saturated rings. The maximum Gasteiger partial charge on any atom is 0.0932 e. The molecule has 0 aliphatic carbocycles. The zero-order valence-corrected chi connectivity index (χ0v) is 11.6. The standard InChI is InChI=1S/C12H24N2O2S/c1-12(2,11(13)17)4-3-5-14-6-7-16-10(8-14)9-15/h10,15H,3-9H2,1-2H3,(H2,13,17). The summed E-state index contributed by atoms with van der Waals surface area (Å²) >= 11 is 5.05. The molecule has 0 aromatic rings. The van der Waals surface area contributed by atoms with E-state index >= 15 is 0 Å². The molecule has 1 heterocycles. The van der Waals surface area contributed by atoms with E-state index < -0.39 is 0 Å². The lowest BCUT2D eigenvalue weighted by Crippen LogP contribution is -2.44. The van der Waals surface area contributed by atoms with E-state index in [-0.39, 0.29) is 18.1 Å². The maximum absolute atomic E-state index is 9.05. The van der Waals surface area contributed by atoms with Crippen molar-refractivity contribution in [3.05, 3.63) is 0 Å². The highest BCUT2D eigenvalue weighted by molar-refractivity contribution is 7.80. The molecule has 0 bridgehead atoms. The van der Waals surface area contributed by atoms with Gasteiger partial charge in [-0.3, -0.25) is 4.90 Å². The number of morpholine rings is 1. The van der Waals surface area contributed by atoms with Crippen LogP contribution >= 0.6 is 12.2 Å². The van der Waals surface area contributed by atoms with Crippen LogP contribution in [0, 0.1) is 5.41 Å². The summed E-state index contributed by atoms with van der Waals surface area (Å²) in [5.41, 5.74) is 5.64. The number of ether oxygens (including phenoxy) is 1. The Bertz CT molecular complexity index is 259. The quantitative estimate of drug-likeness (QED) is 0.691. The zero-order valence-electron chi connectivity index (χ0n) is 10.8. The minimum absolute atomic E-state index is 0.0210. The molecular weight excluding hydrogens is 236 g/mol. The minimum Gasteiger partial charge on any atom is -0.394 e. The van der Waals surface area contributed by atoms with Crippen molar-refractivity contribution in [1.82, 2.24) is 4.90 Å². The predicted octanol–water partition coefficient (Wildman–Crippen LogP) is 0.772. The van der Waals surface area contributed by atoms with E-state index in [0.717, 1.165) is 32.5 Å². The van der Waals surface area contributed by atoms with Crippen LogP contribution in [0.4, 0.5) is 0 Å². The van der Waals surface area contributed by atoms with E-state index in [4.69, 9.17) is 27.8 Å². The van der Waals surface area contributed by atoms with Gasteiger partial charge in [0.25, 0.3) is 0 Å². The van der Waals surface area contributed by atoms with E-state index in [2.05, 4.69) is 18.7 Å². The number of nitrogens with zero attached hydrogens (tertiary/aromatic N) is 1. The average Bonchev–Trinajstić information content (AvgIpc) is 2.29. The lowest BCUT2D eigenvalue weighted by Gasteiger charge is -2.33. The summed E-state index contributed by atoms with van der Waals surface area (Å²) in [6.07, 6.45) is 2.05. The highest BCUT2D eigenvalue weighted by atomic mass is 32.1. The summed E-state index contributed by atoms with van der Waals surface area (Å²) in [4.78, 5) is 2.92. The summed E-state index contributed by atoms with van der Waals surface area (Å²) in [7, 11) is 0. The summed E-state index contributed by atoms with van der Waals surface area (Å²) in [5.74, 6) is 0. The normalized spacial score (nSPS) is 22.6. The van der Waals surface area contributed by atoms with Crippen LogP contribution < -0.4 is 5.73 Å². The van der Waals surface area contributed by atoms with E-state index in [0.29, 0.717) is 11.6 Å². The topological polar surface area (TPSA) is 58.7 Å². The molecule has 1 aliphatic heterocycles. The number of hydrogen-bond donors (Lipinski definition) is 2. The number of nitrogens with two attached hydrogens (primary N) is 1. The largest absolute Gasteiger partial charge is 0.394 e. The Morgan fingerprint density at radius 2 is 2.29 bits per heavy atom. The van der Waals surface area contributed by atoms with Crippen LogP contribution in [0.1, 0.15) is 26.7 Å². The first kappa shape index (κ1) is 14.8. The number of thiocarbonyl (C=S) groups is 1. The molecule has 4 nitrogen and oxygen atoms in total. The third-order valence-electron chi connectivity index (χ3n) is 3.37. The SMILES string of the molecule is CC(C)(CCCN1CCOC(CO)C1)C(N)=S. The zero-order chi connectivity index (χ0) is 12.9. The van der Waals surface area contributed by atoms with Gasteiger partial charge in [0.1, 0.15) is 0 Å². The first-order valence-corrected chi connectivity index (χ1v) is 6.61. The van der Waals surface area contributed by atoms with Crippen molar-refractivity contribution < 1.29 is 9.84 Å². The monoisotopic (exact) mass is 260 g/mol. The van der Waals surface area contributed by atoms with Crippen LogP contribution in [0.3, 0.4) is 0 Å². The molecule has 1 saturated heterocycles. The predicted molar refractivity (Wildman–Crippen MR) is 73.1 cm³/mol. The second-order valence-electron chi connectivity index (χ2n) is 5.33. The second kappa shape index (κ2) is 6.64. The fourth-order valence-corrected chi connectivity index (χ4v) is 2.06. The van der Waals surface area contributed by atoms with Gasteiger partial charge < -0.3 is 15.6 Å². The highest BCUT2D eigenvalue weighted by Crippen LogP contribution is 2.22. The van der Waals surface area contributed by atoms with Crippen LogP contribution in [0.2, 0.25) is 0 Å². The summed E-state index contributed by atoms with van der Waals surface area (Å²) < 4.78 is 5.41. The van der Waals surface area contributed by atoms with Gasteiger partial charge in [-0.05, 0) is 19.4 Å². The molecule has 100 valence electrons. The van der Waals surface area contributed by atoms with E-state index in [1.165, 1.54) is 0 Å². The molecule has 5 heteroatoms. The molecule has 0 aromatic carbocycles. The molecule has 0 saturated carbocycles. The molecule has 17 heavy (non-hydrogen) atoms. The van der Waals surface area contributed by atoms with Gasteiger partial charge in [-0.25, -0.2) is 0 Å². The lowest BCUT2D eigenvalue weighted by atomic mass is 9.88. The van der Waals surface area contributed by atoms with Crippen LogP contribution in [-0.2, 0) is 4.74 Å². The van der Waals surface area contributed by atoms with Crippen molar-refractivity contribution in [2.24, 2.45) is 11.1 Å². The first-order chi connectivity index (χ1) is 7.95. The number of aliphatic hydroxyl groups excluding tert-OH is 1. The highest BCUT2D eigenvalue weighted by Gasteiger charge is 2.23. The number of rotatable bonds is 6. The van der Waals surface area contributed by atoms with Gasteiger partial charge in [0.15, 0.2) is 0 Å². The molecular formula is C12H24N2O2S. The van der Waals surface area contributed by atoms with Crippen LogP contribution in [0.5, 0.6) is 0 Å². The molecule has 0 radical (unpaired) electrons. The summed E-state index contributed by atoms with van der Waals surface area (Å²) in [6, 6.07) is 0. The van der Waals surface area contributed by atoms with Gasteiger partial charge in [-0.1, -0.05) is 26.1 Å². The van der Waals surface area contributed by atoms with Gasteiger partial charge in [-0.15, -0.1) is 0 Å².